The van der Waals surface area contributed by atoms with Gasteiger partial charge in [-0.25, -0.2) is 9.38 Å². The van der Waals surface area contributed by atoms with Crippen LogP contribution < -0.4 is 0 Å². The lowest BCUT2D eigenvalue weighted by molar-refractivity contribution is -0.129. The minimum absolute atomic E-state index is 0.190. The van der Waals surface area contributed by atoms with Crippen molar-refractivity contribution in [1.29, 1.82) is 0 Å². The summed E-state index contributed by atoms with van der Waals surface area (Å²) in [6.45, 7) is 5.99. The molecule has 6 rings (SSSR count). The number of thioether (sulfide) groups is 1. The molecule has 1 aliphatic carbocycles. The van der Waals surface area contributed by atoms with E-state index in [-0.39, 0.29) is 5.91 Å². The van der Waals surface area contributed by atoms with Crippen molar-refractivity contribution in [3.8, 4) is 0 Å². The van der Waals surface area contributed by atoms with Gasteiger partial charge in [-0.05, 0) is 56.9 Å². The predicted octanol–water partition coefficient (Wildman–Crippen LogP) is 3.52. The first-order valence-corrected chi connectivity index (χ1v) is 12.9. The highest BCUT2D eigenvalue weighted by molar-refractivity contribution is 7.99. The summed E-state index contributed by atoms with van der Waals surface area (Å²) in [7, 11) is 0. The molecule has 10 heteroatoms. The largest absolute Gasteiger partial charge is 0.342 e. The van der Waals surface area contributed by atoms with Crippen molar-refractivity contribution in [1.82, 2.24) is 34.1 Å². The maximum absolute atomic E-state index is 12.7. The first kappa shape index (κ1) is 19.5. The summed E-state index contributed by atoms with van der Waals surface area (Å²) >= 11 is 3.31. The zero-order chi connectivity index (χ0) is 21.1. The molecule has 0 radical (unpaired) electrons. The molecule has 162 valence electrons. The van der Waals surface area contributed by atoms with Crippen molar-refractivity contribution in [2.45, 2.75) is 57.5 Å². The SMILES string of the molecule is Cc1nc2c3c4c(sc3n3c(SCC(=O)N5CCCCC5)nnc3n2n1)CCC(C)C4. The number of rotatable bonds is 3. The van der Waals surface area contributed by atoms with Crippen LogP contribution in [0.1, 0.15) is 48.9 Å². The van der Waals surface area contributed by atoms with Crippen LogP contribution in [-0.2, 0) is 17.6 Å². The molecule has 1 amide bonds. The monoisotopic (exact) mass is 455 g/mol. The Bertz CT molecular complexity index is 1310. The molecule has 0 spiro atoms. The first-order valence-electron chi connectivity index (χ1n) is 11.1. The van der Waals surface area contributed by atoms with Crippen LogP contribution in [0.2, 0.25) is 0 Å². The van der Waals surface area contributed by atoms with Crippen LogP contribution >= 0.6 is 23.1 Å². The molecule has 4 aromatic rings. The average Bonchev–Trinajstić information content (AvgIpc) is 3.46. The first-order chi connectivity index (χ1) is 15.1. The van der Waals surface area contributed by atoms with E-state index in [0.29, 0.717) is 17.4 Å². The van der Waals surface area contributed by atoms with Crippen LogP contribution in [0.25, 0.3) is 21.6 Å². The molecule has 0 aromatic carbocycles. The number of carbonyl (C=O) groups is 1. The van der Waals surface area contributed by atoms with Crippen LogP contribution in [0.3, 0.4) is 0 Å². The van der Waals surface area contributed by atoms with E-state index in [2.05, 4.69) is 26.6 Å². The third-order valence-electron chi connectivity index (χ3n) is 6.47. The van der Waals surface area contributed by atoms with Crippen molar-refractivity contribution >= 4 is 50.6 Å². The average molecular weight is 456 g/mol. The summed E-state index contributed by atoms with van der Waals surface area (Å²) in [5.74, 6) is 2.65. The minimum atomic E-state index is 0.190. The fourth-order valence-electron chi connectivity index (χ4n) is 4.88. The van der Waals surface area contributed by atoms with Gasteiger partial charge in [0.05, 0.1) is 11.1 Å². The molecule has 4 aromatic heterocycles. The topological polar surface area (TPSA) is 80.7 Å². The Balaban J connectivity index is 1.47. The molecule has 8 nitrogen and oxygen atoms in total. The number of thiophene rings is 1. The van der Waals surface area contributed by atoms with Gasteiger partial charge in [0.25, 0.3) is 5.78 Å². The molecular weight excluding hydrogens is 430 g/mol. The van der Waals surface area contributed by atoms with Gasteiger partial charge in [-0.3, -0.25) is 4.79 Å². The Morgan fingerprint density at radius 2 is 2.06 bits per heavy atom. The van der Waals surface area contributed by atoms with E-state index in [1.54, 1.807) is 0 Å². The third-order valence-corrected chi connectivity index (χ3v) is 8.66. The number of nitrogens with zero attached hydrogens (tertiary/aromatic N) is 7. The van der Waals surface area contributed by atoms with Crippen LogP contribution in [0.5, 0.6) is 0 Å². The van der Waals surface area contributed by atoms with E-state index in [4.69, 9.17) is 4.98 Å². The van der Waals surface area contributed by atoms with Crippen molar-refractivity contribution < 1.29 is 4.79 Å². The van der Waals surface area contributed by atoms with Gasteiger partial charge in [0, 0.05) is 18.0 Å². The number of carbonyl (C=O) groups excluding carboxylic acids is 1. The number of hydrogen-bond acceptors (Lipinski definition) is 7. The molecule has 2 aliphatic rings. The summed E-state index contributed by atoms with van der Waals surface area (Å²) in [5.41, 5.74) is 2.28. The van der Waals surface area contributed by atoms with Crippen molar-refractivity contribution in [3.63, 3.8) is 0 Å². The molecule has 1 aliphatic heterocycles. The summed E-state index contributed by atoms with van der Waals surface area (Å²) in [6.07, 6.45) is 6.83. The van der Waals surface area contributed by atoms with Crippen LogP contribution in [0.15, 0.2) is 5.16 Å². The van der Waals surface area contributed by atoms with Gasteiger partial charge in [0.2, 0.25) is 5.91 Å². The molecule has 0 bridgehead atoms. The summed E-state index contributed by atoms with van der Waals surface area (Å²) in [6, 6.07) is 0. The second-order valence-corrected chi connectivity index (χ2v) is 10.8. The van der Waals surface area contributed by atoms with Crippen molar-refractivity contribution in [3.05, 3.63) is 16.3 Å². The van der Waals surface area contributed by atoms with Crippen LogP contribution in [-0.4, -0.2) is 58.8 Å². The Morgan fingerprint density at radius 1 is 1.23 bits per heavy atom. The number of amides is 1. The van der Waals surface area contributed by atoms with Gasteiger partial charge in [0.15, 0.2) is 10.8 Å². The third kappa shape index (κ3) is 3.14. The lowest BCUT2D eigenvalue weighted by Crippen LogP contribution is -2.36. The number of aromatic nitrogens is 6. The summed E-state index contributed by atoms with van der Waals surface area (Å²) in [4.78, 5) is 22.0. The van der Waals surface area contributed by atoms with Gasteiger partial charge in [-0.1, -0.05) is 18.7 Å². The zero-order valence-corrected chi connectivity index (χ0v) is 19.4. The number of aryl methyl sites for hydroxylation is 2. The van der Waals surface area contributed by atoms with Gasteiger partial charge in [0.1, 0.15) is 10.7 Å². The highest BCUT2D eigenvalue weighted by Gasteiger charge is 2.27. The second-order valence-electron chi connectivity index (χ2n) is 8.77. The van der Waals surface area contributed by atoms with Crippen LogP contribution in [0.4, 0.5) is 0 Å². The summed E-state index contributed by atoms with van der Waals surface area (Å²) in [5, 5.41) is 15.5. The molecule has 1 fully saturated rings. The number of hydrogen-bond donors (Lipinski definition) is 0. The maximum atomic E-state index is 12.7. The van der Waals surface area contributed by atoms with Crippen molar-refractivity contribution in [2.75, 3.05) is 18.8 Å². The Labute approximate surface area is 188 Å². The zero-order valence-electron chi connectivity index (χ0n) is 17.8. The minimum Gasteiger partial charge on any atom is -0.342 e. The van der Waals surface area contributed by atoms with Gasteiger partial charge >= 0.3 is 0 Å². The van der Waals surface area contributed by atoms with E-state index < -0.39 is 0 Å². The molecule has 0 N–H and O–H groups in total. The molecular formula is C21H25N7OS2. The molecule has 1 saturated heterocycles. The highest BCUT2D eigenvalue weighted by atomic mass is 32.2. The standard InChI is InChI=1S/C21H25N7OS2/c1-12-6-7-15-14(10-12)17-18-22-13(2)25-28(18)20-23-24-21(27(20)19(17)31-15)30-11-16(29)26-8-4-3-5-9-26/h12H,3-11H2,1-2H3. The lowest BCUT2D eigenvalue weighted by atomic mass is 9.89. The smallest absolute Gasteiger partial charge is 0.260 e. The quantitative estimate of drug-likeness (QED) is 0.440. The molecule has 5 heterocycles. The van der Waals surface area contributed by atoms with E-state index in [9.17, 15) is 4.79 Å². The molecule has 1 unspecified atom stereocenters. The maximum Gasteiger partial charge on any atom is 0.260 e. The Kier molecular flexibility index (Phi) is 4.68. The number of likely N-dealkylation sites (tertiary alicyclic amines) is 1. The lowest BCUT2D eigenvalue weighted by Gasteiger charge is -2.26. The number of piperidine rings is 1. The molecule has 0 saturated carbocycles. The number of fused-ring (bicyclic) bond motifs is 8. The van der Waals surface area contributed by atoms with E-state index in [1.807, 2.05) is 27.7 Å². The molecule has 31 heavy (non-hydrogen) atoms. The second kappa shape index (κ2) is 7.44. The predicted molar refractivity (Wildman–Crippen MR) is 122 cm³/mol. The van der Waals surface area contributed by atoms with Gasteiger partial charge in [-0.15, -0.1) is 26.6 Å². The van der Waals surface area contributed by atoms with Gasteiger partial charge in [-0.2, -0.15) is 4.52 Å². The van der Waals surface area contributed by atoms with Gasteiger partial charge < -0.3 is 4.90 Å². The van der Waals surface area contributed by atoms with E-state index in [0.717, 1.165) is 60.2 Å². The van der Waals surface area contributed by atoms with E-state index >= 15 is 0 Å². The fraction of sp³-hybridized carbons (Fsp3) is 0.571. The normalized spacial score (nSPS) is 19.5. The van der Waals surface area contributed by atoms with E-state index in [1.165, 1.54) is 40.4 Å². The Hall–Kier alpha value is -2.20. The van der Waals surface area contributed by atoms with Crippen LogP contribution in [0, 0.1) is 12.8 Å². The Morgan fingerprint density at radius 3 is 2.90 bits per heavy atom. The highest BCUT2D eigenvalue weighted by Crippen LogP contribution is 2.41. The fourth-order valence-corrected chi connectivity index (χ4v) is 7.11. The van der Waals surface area contributed by atoms with Crippen molar-refractivity contribution in [2.24, 2.45) is 5.92 Å². The summed E-state index contributed by atoms with van der Waals surface area (Å²) < 4.78 is 3.92. The molecule has 1 atom stereocenters.